The van der Waals surface area contributed by atoms with Crippen molar-refractivity contribution in [2.45, 2.75) is 25.0 Å². The number of rotatable bonds is 4. The Morgan fingerprint density at radius 2 is 2.24 bits per heavy atom. The third-order valence-electron chi connectivity index (χ3n) is 5.62. The number of carbonyl (C=O) groups is 3. The Hall–Kier alpha value is -1.85. The smallest absolute Gasteiger partial charge is 0.344 e. The van der Waals surface area contributed by atoms with Crippen molar-refractivity contribution in [2.24, 2.45) is 29.6 Å². The van der Waals surface area contributed by atoms with Gasteiger partial charge in [-0.05, 0) is 25.2 Å². The van der Waals surface area contributed by atoms with Gasteiger partial charge in [-0.3, -0.25) is 4.79 Å². The summed E-state index contributed by atoms with van der Waals surface area (Å²) in [5, 5.41) is 0. The Labute approximate surface area is 121 Å². The van der Waals surface area contributed by atoms with Crippen molar-refractivity contribution in [2.75, 3.05) is 6.61 Å². The van der Waals surface area contributed by atoms with E-state index in [4.69, 9.17) is 9.47 Å². The average Bonchev–Trinajstić information content (AvgIpc) is 2.75. The lowest BCUT2D eigenvalue weighted by Gasteiger charge is -2.32. The number of ether oxygens (including phenoxy) is 3. The van der Waals surface area contributed by atoms with E-state index in [-0.39, 0.29) is 17.8 Å². The summed E-state index contributed by atoms with van der Waals surface area (Å²) in [4.78, 5) is 34.7. The van der Waals surface area contributed by atoms with Gasteiger partial charge in [0, 0.05) is 17.9 Å². The molecule has 3 aliphatic carbocycles. The molecule has 0 radical (unpaired) electrons. The molecule has 21 heavy (non-hydrogen) atoms. The molecule has 0 aromatic carbocycles. The van der Waals surface area contributed by atoms with Crippen molar-refractivity contribution in [3.05, 3.63) is 12.7 Å². The van der Waals surface area contributed by atoms with Gasteiger partial charge in [0.2, 0.25) is 0 Å². The van der Waals surface area contributed by atoms with Crippen LogP contribution in [0.3, 0.4) is 0 Å². The van der Waals surface area contributed by atoms with Crippen LogP contribution >= 0.6 is 0 Å². The molecular formula is C15H16O6. The largest absolute Gasteiger partial charge is 0.455 e. The monoisotopic (exact) mass is 292 g/mol. The third kappa shape index (κ3) is 1.50. The van der Waals surface area contributed by atoms with Gasteiger partial charge < -0.3 is 14.2 Å². The maximum absolute atomic E-state index is 11.9. The highest BCUT2D eigenvalue weighted by molar-refractivity contribution is 5.84. The molecule has 6 heteroatoms. The van der Waals surface area contributed by atoms with Crippen LogP contribution in [0.25, 0.3) is 0 Å². The Bertz CT molecular complexity index is 569. The molecule has 0 aromatic rings. The molecule has 7 atom stereocenters. The van der Waals surface area contributed by atoms with Gasteiger partial charge in [0.05, 0.1) is 5.92 Å². The van der Waals surface area contributed by atoms with Gasteiger partial charge in [0.1, 0.15) is 6.10 Å². The first-order chi connectivity index (χ1) is 9.97. The van der Waals surface area contributed by atoms with Crippen LogP contribution in [-0.4, -0.2) is 36.2 Å². The number of esters is 3. The lowest BCUT2D eigenvalue weighted by atomic mass is 9.85. The van der Waals surface area contributed by atoms with E-state index in [0.29, 0.717) is 17.8 Å². The first-order valence-corrected chi connectivity index (χ1v) is 7.19. The molecule has 3 saturated carbocycles. The minimum atomic E-state index is -0.706. The average molecular weight is 292 g/mol. The van der Waals surface area contributed by atoms with E-state index in [9.17, 15) is 14.4 Å². The summed E-state index contributed by atoms with van der Waals surface area (Å²) in [6, 6.07) is 0. The second-order valence-corrected chi connectivity index (χ2v) is 6.51. The van der Waals surface area contributed by atoms with E-state index in [1.807, 2.05) is 6.92 Å². The van der Waals surface area contributed by atoms with Crippen LogP contribution in [0.5, 0.6) is 0 Å². The number of hydrogen-bond donors (Lipinski definition) is 0. The molecule has 112 valence electrons. The maximum Gasteiger partial charge on any atom is 0.344 e. The number of hydrogen-bond acceptors (Lipinski definition) is 6. The predicted molar refractivity (Wildman–Crippen MR) is 67.6 cm³/mol. The molecule has 4 aliphatic rings. The lowest BCUT2D eigenvalue weighted by molar-refractivity contribution is -0.180. The van der Waals surface area contributed by atoms with Crippen LogP contribution in [0, 0.1) is 29.6 Å². The highest BCUT2D eigenvalue weighted by atomic mass is 16.6. The topological polar surface area (TPSA) is 78.9 Å². The van der Waals surface area contributed by atoms with Crippen LogP contribution < -0.4 is 0 Å². The fourth-order valence-electron chi connectivity index (χ4n) is 4.96. The zero-order valence-corrected chi connectivity index (χ0v) is 11.6. The third-order valence-corrected chi connectivity index (χ3v) is 5.62. The molecule has 4 rings (SSSR count). The van der Waals surface area contributed by atoms with Gasteiger partial charge in [-0.25, -0.2) is 9.59 Å². The van der Waals surface area contributed by atoms with E-state index in [1.165, 1.54) is 0 Å². The van der Waals surface area contributed by atoms with E-state index in [2.05, 4.69) is 11.3 Å². The summed E-state index contributed by atoms with van der Waals surface area (Å²) in [6.07, 6.45) is 1.43. The molecular weight excluding hydrogens is 276 g/mol. The molecule has 0 aromatic heterocycles. The summed E-state index contributed by atoms with van der Waals surface area (Å²) in [7, 11) is 0. The summed E-state index contributed by atoms with van der Waals surface area (Å²) in [5.74, 6) is -0.0635. The summed E-state index contributed by atoms with van der Waals surface area (Å²) >= 11 is 0. The SMILES string of the molecule is C=CC(=O)OCC(=O)OC1C2C3CC4C(=O)OC1(C)C4C32. The molecule has 1 heterocycles. The number of fused-ring (bicyclic) bond motifs is 1. The summed E-state index contributed by atoms with van der Waals surface area (Å²) in [5.41, 5.74) is -0.706. The van der Waals surface area contributed by atoms with E-state index < -0.39 is 30.3 Å². The van der Waals surface area contributed by atoms with E-state index in [1.54, 1.807) is 0 Å². The highest BCUT2D eigenvalue weighted by Gasteiger charge is 2.83. The zero-order chi connectivity index (χ0) is 14.9. The van der Waals surface area contributed by atoms with Crippen LogP contribution in [0.4, 0.5) is 0 Å². The lowest BCUT2D eigenvalue weighted by Crippen LogP contribution is -2.45. The summed E-state index contributed by atoms with van der Waals surface area (Å²) < 4.78 is 15.7. The Balaban J connectivity index is 1.47. The van der Waals surface area contributed by atoms with E-state index >= 15 is 0 Å². The zero-order valence-electron chi connectivity index (χ0n) is 11.6. The molecule has 0 amide bonds. The highest BCUT2D eigenvalue weighted by Crippen LogP contribution is 2.76. The molecule has 0 spiro atoms. The molecule has 0 N–H and O–H groups in total. The Morgan fingerprint density at radius 1 is 1.48 bits per heavy atom. The molecule has 1 saturated heterocycles. The van der Waals surface area contributed by atoms with Crippen molar-refractivity contribution in [1.29, 1.82) is 0 Å². The number of carbonyl (C=O) groups excluding carboxylic acids is 3. The Morgan fingerprint density at radius 3 is 2.95 bits per heavy atom. The van der Waals surface area contributed by atoms with Crippen LogP contribution in [0.15, 0.2) is 12.7 Å². The van der Waals surface area contributed by atoms with Crippen molar-refractivity contribution in [1.82, 2.24) is 0 Å². The first-order valence-electron chi connectivity index (χ1n) is 7.19. The van der Waals surface area contributed by atoms with Gasteiger partial charge in [0.15, 0.2) is 12.2 Å². The molecule has 4 fully saturated rings. The molecule has 0 bridgehead atoms. The fraction of sp³-hybridized carbons (Fsp3) is 0.667. The van der Waals surface area contributed by atoms with Gasteiger partial charge in [-0.15, -0.1) is 0 Å². The quantitative estimate of drug-likeness (QED) is 0.425. The predicted octanol–water partition coefficient (Wildman–Crippen LogP) is 0.455. The molecule has 6 nitrogen and oxygen atoms in total. The second-order valence-electron chi connectivity index (χ2n) is 6.51. The van der Waals surface area contributed by atoms with Crippen LogP contribution in [0.2, 0.25) is 0 Å². The minimum Gasteiger partial charge on any atom is -0.455 e. The van der Waals surface area contributed by atoms with Crippen molar-refractivity contribution >= 4 is 17.9 Å². The minimum absolute atomic E-state index is 0.0245. The van der Waals surface area contributed by atoms with Gasteiger partial charge in [0.25, 0.3) is 0 Å². The Kier molecular flexibility index (Phi) is 2.37. The fourth-order valence-corrected chi connectivity index (χ4v) is 4.96. The van der Waals surface area contributed by atoms with E-state index in [0.717, 1.165) is 12.5 Å². The van der Waals surface area contributed by atoms with Crippen molar-refractivity contribution in [3.63, 3.8) is 0 Å². The standard InChI is InChI=1S/C15H16O6/c1-3-8(16)19-5-9(17)20-13-11-6-4-7-12(10(6)11)15(13,2)21-14(7)18/h3,6-7,10-13H,1,4-5H2,2H3. The van der Waals surface area contributed by atoms with Crippen LogP contribution in [0.1, 0.15) is 13.3 Å². The normalized spacial score (nSPS) is 47.6. The van der Waals surface area contributed by atoms with Crippen molar-refractivity contribution < 1.29 is 28.6 Å². The van der Waals surface area contributed by atoms with Crippen molar-refractivity contribution in [3.8, 4) is 0 Å². The summed E-state index contributed by atoms with van der Waals surface area (Å²) in [6.45, 7) is 4.67. The van der Waals surface area contributed by atoms with Crippen LogP contribution in [-0.2, 0) is 28.6 Å². The van der Waals surface area contributed by atoms with Gasteiger partial charge in [-0.1, -0.05) is 6.58 Å². The van der Waals surface area contributed by atoms with Gasteiger partial charge >= 0.3 is 17.9 Å². The maximum atomic E-state index is 11.9. The second kappa shape index (κ2) is 3.87. The molecule has 1 aliphatic heterocycles. The van der Waals surface area contributed by atoms with Gasteiger partial charge in [-0.2, -0.15) is 0 Å². The first kappa shape index (κ1) is 12.9. The molecule has 7 unspecified atom stereocenters.